The lowest BCUT2D eigenvalue weighted by molar-refractivity contribution is 0.768. The van der Waals surface area contributed by atoms with E-state index in [2.05, 4.69) is 278 Å². The van der Waals surface area contributed by atoms with E-state index in [0.29, 0.717) is 0 Å². The van der Waals surface area contributed by atoms with Gasteiger partial charge in [0.1, 0.15) is 0 Å². The van der Waals surface area contributed by atoms with Gasteiger partial charge in [-0.3, -0.25) is 0 Å². The van der Waals surface area contributed by atoms with Crippen molar-refractivity contribution in [1.29, 1.82) is 0 Å². The Morgan fingerprint density at radius 3 is 1.51 bits per heavy atom. The van der Waals surface area contributed by atoms with Gasteiger partial charge in [0.15, 0.2) is 0 Å². The van der Waals surface area contributed by atoms with E-state index in [9.17, 15) is 0 Å². The zero-order valence-corrected chi connectivity index (χ0v) is 36.6. The molecule has 2 heteroatoms. The minimum atomic E-state index is -0.444. The molecule has 1 aliphatic carbocycles. The maximum Gasteiger partial charge on any atom is 0.0714 e. The summed E-state index contributed by atoms with van der Waals surface area (Å²) in [6.07, 6.45) is 0. The van der Waals surface area contributed by atoms with E-state index in [1.54, 1.807) is 0 Å². The Morgan fingerprint density at radius 1 is 0.338 bits per heavy atom. The highest BCUT2D eigenvalue weighted by molar-refractivity contribution is 6.09. The van der Waals surface area contributed by atoms with Crippen LogP contribution in [0.25, 0.3) is 49.7 Å². The molecule has 0 fully saturated rings. The van der Waals surface area contributed by atoms with Crippen LogP contribution in [0.4, 0.5) is 17.1 Å². The molecule has 0 amide bonds. The van der Waals surface area contributed by atoms with Gasteiger partial charge in [-0.05, 0) is 125 Å². The van der Waals surface area contributed by atoms with Gasteiger partial charge in [0.2, 0.25) is 0 Å². The molecule has 1 aromatic heterocycles. The second-order valence-electron chi connectivity index (χ2n) is 17.1. The highest BCUT2D eigenvalue weighted by atomic mass is 15.1. The fourth-order valence-corrected chi connectivity index (χ4v) is 10.1. The second-order valence-corrected chi connectivity index (χ2v) is 17.1. The molecule has 0 saturated carbocycles. The van der Waals surface area contributed by atoms with Gasteiger partial charge in [-0.1, -0.05) is 199 Å². The SMILES string of the molecule is Cc1ccc(N(c2ccc(-c3ccccc3)cc2)c2ccc3c(c2)C(c2ccccc2)(c2ccccc2)c2ccccc2-3)cc1.Cc1ccc2c(c1)c1ccccc1n2-c1ccccc1. The van der Waals surface area contributed by atoms with Crippen LogP contribution in [0, 0.1) is 13.8 Å². The van der Waals surface area contributed by atoms with Crippen LogP contribution in [0.3, 0.4) is 0 Å². The van der Waals surface area contributed by atoms with Gasteiger partial charge in [-0.2, -0.15) is 0 Å². The molecule has 0 bridgehead atoms. The summed E-state index contributed by atoms with van der Waals surface area (Å²) in [6, 6.07) is 92.2. The van der Waals surface area contributed by atoms with Crippen molar-refractivity contribution in [3.8, 4) is 27.9 Å². The first kappa shape index (κ1) is 39.6. The number of hydrogen-bond donors (Lipinski definition) is 0. The van der Waals surface area contributed by atoms with Crippen LogP contribution in [0.15, 0.2) is 255 Å². The Balaban J connectivity index is 0.000000194. The summed E-state index contributed by atoms with van der Waals surface area (Å²) in [4.78, 5) is 2.39. The predicted molar refractivity (Wildman–Crippen MR) is 274 cm³/mol. The number of anilines is 3. The standard InChI is InChI=1S/C44H33N.C19H15N/c1-32-21-25-37(26-22-32)45(38-27-23-34(24-28-38)33-13-5-2-6-14-33)39-29-30-41-40-19-11-12-20-42(40)44(43(41)31-39,35-15-7-3-8-16-35)36-17-9-4-10-18-36;1-14-11-12-19-17(13-14)16-9-5-6-10-18(16)20(19)15-7-3-2-4-8-15/h2-31H,1H3;2-13H,1H3. The summed E-state index contributed by atoms with van der Waals surface area (Å²) in [6.45, 7) is 4.29. The lowest BCUT2D eigenvalue weighted by atomic mass is 9.67. The number of fused-ring (bicyclic) bond motifs is 6. The highest BCUT2D eigenvalue weighted by Crippen LogP contribution is 2.57. The van der Waals surface area contributed by atoms with Gasteiger partial charge in [0, 0.05) is 33.5 Å². The predicted octanol–water partition coefficient (Wildman–Crippen LogP) is 16.6. The zero-order valence-electron chi connectivity index (χ0n) is 36.6. The van der Waals surface area contributed by atoms with E-state index in [4.69, 9.17) is 0 Å². The quantitative estimate of drug-likeness (QED) is 0.155. The molecule has 12 rings (SSSR count). The maximum atomic E-state index is 2.43. The minimum Gasteiger partial charge on any atom is -0.310 e. The third kappa shape index (κ3) is 7.01. The molecule has 0 unspecified atom stereocenters. The largest absolute Gasteiger partial charge is 0.310 e. The number of para-hydroxylation sites is 2. The average molecular weight is 833 g/mol. The van der Waals surface area contributed by atoms with Crippen LogP contribution in [0.1, 0.15) is 33.4 Å². The third-order valence-corrected chi connectivity index (χ3v) is 13.1. The fourth-order valence-electron chi connectivity index (χ4n) is 10.1. The van der Waals surface area contributed by atoms with Gasteiger partial charge >= 0.3 is 0 Å². The lowest BCUT2D eigenvalue weighted by Crippen LogP contribution is -2.28. The van der Waals surface area contributed by atoms with Gasteiger partial charge in [0.25, 0.3) is 0 Å². The van der Waals surface area contributed by atoms with Crippen molar-refractivity contribution in [1.82, 2.24) is 4.57 Å². The number of nitrogens with zero attached hydrogens (tertiary/aromatic N) is 2. The van der Waals surface area contributed by atoms with E-state index in [-0.39, 0.29) is 0 Å². The zero-order chi connectivity index (χ0) is 43.7. The Morgan fingerprint density at radius 2 is 0.831 bits per heavy atom. The summed E-state index contributed by atoms with van der Waals surface area (Å²) in [5.41, 5.74) is 19.4. The first-order chi connectivity index (χ1) is 32.1. The first-order valence-corrected chi connectivity index (χ1v) is 22.5. The fraction of sp³-hybridized carbons (Fsp3) is 0.0476. The number of aryl methyl sites for hydroxylation is 2. The van der Waals surface area contributed by atoms with Crippen molar-refractivity contribution in [3.05, 3.63) is 288 Å². The topological polar surface area (TPSA) is 8.17 Å². The Bertz CT molecular complexity index is 3370. The van der Waals surface area contributed by atoms with Crippen molar-refractivity contribution < 1.29 is 0 Å². The second kappa shape index (κ2) is 16.8. The minimum absolute atomic E-state index is 0.444. The van der Waals surface area contributed by atoms with Gasteiger partial charge in [-0.25, -0.2) is 0 Å². The van der Waals surface area contributed by atoms with Crippen LogP contribution in [-0.4, -0.2) is 4.57 Å². The van der Waals surface area contributed by atoms with E-state index >= 15 is 0 Å². The van der Waals surface area contributed by atoms with E-state index in [1.165, 1.54) is 83.1 Å². The van der Waals surface area contributed by atoms with E-state index in [0.717, 1.165) is 17.1 Å². The van der Waals surface area contributed by atoms with Crippen molar-refractivity contribution in [2.75, 3.05) is 4.90 Å². The van der Waals surface area contributed by atoms with Gasteiger partial charge < -0.3 is 9.47 Å². The number of rotatable bonds is 7. The van der Waals surface area contributed by atoms with E-state index in [1.807, 2.05) is 0 Å². The number of benzene rings is 10. The van der Waals surface area contributed by atoms with Crippen LogP contribution in [0.5, 0.6) is 0 Å². The molecule has 0 aliphatic heterocycles. The molecule has 0 saturated heterocycles. The molecule has 11 aromatic rings. The average Bonchev–Trinajstić information content (AvgIpc) is 3.86. The molecule has 10 aromatic carbocycles. The molecule has 1 heterocycles. The molecule has 310 valence electrons. The molecule has 0 radical (unpaired) electrons. The molecule has 0 N–H and O–H groups in total. The third-order valence-electron chi connectivity index (χ3n) is 13.1. The summed E-state index contributed by atoms with van der Waals surface area (Å²) in [5.74, 6) is 0. The normalized spacial score (nSPS) is 12.3. The lowest BCUT2D eigenvalue weighted by Gasteiger charge is -2.35. The molecule has 0 atom stereocenters. The highest BCUT2D eigenvalue weighted by Gasteiger charge is 2.46. The van der Waals surface area contributed by atoms with Crippen LogP contribution < -0.4 is 4.90 Å². The molecular formula is C63H48N2. The maximum absolute atomic E-state index is 2.43. The van der Waals surface area contributed by atoms with Crippen molar-refractivity contribution >= 4 is 38.9 Å². The molecule has 1 aliphatic rings. The van der Waals surface area contributed by atoms with Crippen LogP contribution in [0.2, 0.25) is 0 Å². The smallest absolute Gasteiger partial charge is 0.0714 e. The summed E-state index contributed by atoms with van der Waals surface area (Å²) in [5, 5.41) is 2.64. The van der Waals surface area contributed by atoms with Crippen LogP contribution >= 0.6 is 0 Å². The van der Waals surface area contributed by atoms with Crippen molar-refractivity contribution in [2.45, 2.75) is 19.3 Å². The Hall–Kier alpha value is -8.20. The molecule has 65 heavy (non-hydrogen) atoms. The van der Waals surface area contributed by atoms with Crippen molar-refractivity contribution in [3.63, 3.8) is 0 Å². The van der Waals surface area contributed by atoms with E-state index < -0.39 is 5.41 Å². The van der Waals surface area contributed by atoms with Gasteiger partial charge in [0.05, 0.1) is 16.4 Å². The van der Waals surface area contributed by atoms with Gasteiger partial charge in [-0.15, -0.1) is 0 Å². The number of aromatic nitrogens is 1. The van der Waals surface area contributed by atoms with Crippen molar-refractivity contribution in [2.24, 2.45) is 0 Å². The Labute approximate surface area is 382 Å². The monoisotopic (exact) mass is 832 g/mol. The Kier molecular flexibility index (Phi) is 10.3. The number of hydrogen-bond acceptors (Lipinski definition) is 1. The molecular weight excluding hydrogens is 785 g/mol. The first-order valence-electron chi connectivity index (χ1n) is 22.5. The summed E-state index contributed by atoms with van der Waals surface area (Å²) in [7, 11) is 0. The molecule has 0 spiro atoms. The van der Waals surface area contributed by atoms with Crippen LogP contribution in [-0.2, 0) is 5.41 Å². The summed E-state index contributed by atoms with van der Waals surface area (Å²) >= 11 is 0. The molecule has 2 nitrogen and oxygen atoms in total. The summed E-state index contributed by atoms with van der Waals surface area (Å²) < 4.78 is 2.34.